The standard InChI is InChI=1S/C30H42N6O7Si/c1-29(2,3)43-28(41)33-16-30(17-33)15-32-11-12-34-24-20(8-7-19(23(24)32)25(38)31-30)36(27(34)40)21-9-10-22(37)35(26(21)39)18-42-13-14-44(4,5)6/h7-8,21H,9-18H2,1-6H3,(H,31,38). The highest BCUT2D eigenvalue weighted by atomic mass is 28.3. The molecule has 1 spiro atoms. The van der Waals surface area contributed by atoms with Gasteiger partial charge in [0.15, 0.2) is 0 Å². The second-order valence-corrected chi connectivity index (χ2v) is 20.3. The van der Waals surface area contributed by atoms with Gasteiger partial charge in [0.05, 0.1) is 40.9 Å². The lowest BCUT2D eigenvalue weighted by Gasteiger charge is -2.51. The molecule has 0 aliphatic carbocycles. The normalized spacial score (nSPS) is 21.5. The molecule has 44 heavy (non-hydrogen) atoms. The number of imidazole rings is 1. The van der Waals surface area contributed by atoms with Crippen molar-refractivity contribution < 1.29 is 28.7 Å². The molecule has 1 aromatic carbocycles. The second kappa shape index (κ2) is 10.5. The van der Waals surface area contributed by atoms with Gasteiger partial charge in [-0.05, 0) is 45.4 Å². The number of amides is 4. The molecule has 0 bridgehead atoms. The first kappa shape index (κ1) is 30.4. The molecule has 2 saturated heterocycles. The van der Waals surface area contributed by atoms with Crippen LogP contribution < -0.4 is 15.9 Å². The summed E-state index contributed by atoms with van der Waals surface area (Å²) in [6.45, 7) is 14.4. The molecular weight excluding hydrogens is 584 g/mol. The Balaban J connectivity index is 1.28. The number of nitrogens with zero attached hydrogens (tertiary/aromatic N) is 5. The lowest BCUT2D eigenvalue weighted by Crippen LogP contribution is -2.74. The highest BCUT2D eigenvalue weighted by Gasteiger charge is 2.51. The van der Waals surface area contributed by atoms with Crippen LogP contribution in [0.1, 0.15) is 50.0 Å². The number of imide groups is 1. The van der Waals surface area contributed by atoms with Crippen molar-refractivity contribution in [3.05, 3.63) is 28.2 Å². The van der Waals surface area contributed by atoms with Gasteiger partial charge < -0.3 is 24.6 Å². The summed E-state index contributed by atoms with van der Waals surface area (Å²) in [5.41, 5.74) is 0.650. The zero-order chi connectivity index (χ0) is 31.8. The van der Waals surface area contributed by atoms with Gasteiger partial charge in [-0.2, -0.15) is 0 Å². The van der Waals surface area contributed by atoms with Crippen LogP contribution in [0.5, 0.6) is 0 Å². The molecule has 14 heteroatoms. The SMILES string of the molecule is CC(C)(C)OC(=O)N1CC2(C1)CN1CCn3c(=O)n(C4CCC(=O)N(COCC[Si](C)(C)C)C4=O)c4ccc(c1c43)C(=O)N2. The van der Waals surface area contributed by atoms with Gasteiger partial charge in [0.2, 0.25) is 5.91 Å². The van der Waals surface area contributed by atoms with Crippen molar-refractivity contribution in [2.45, 2.75) is 83.0 Å². The third-order valence-electron chi connectivity index (χ3n) is 8.77. The maximum Gasteiger partial charge on any atom is 0.410 e. The molecule has 0 radical (unpaired) electrons. The molecule has 4 aliphatic rings. The van der Waals surface area contributed by atoms with Crippen molar-refractivity contribution in [3.63, 3.8) is 0 Å². The molecule has 1 aromatic heterocycles. The fourth-order valence-corrected chi connectivity index (χ4v) is 7.38. The van der Waals surface area contributed by atoms with E-state index in [2.05, 4.69) is 29.9 Å². The Morgan fingerprint density at radius 3 is 2.48 bits per heavy atom. The third kappa shape index (κ3) is 5.31. The van der Waals surface area contributed by atoms with Crippen molar-refractivity contribution in [2.75, 3.05) is 44.4 Å². The van der Waals surface area contributed by atoms with Crippen LogP contribution in [-0.4, -0.2) is 101 Å². The molecule has 4 amide bonds. The summed E-state index contributed by atoms with van der Waals surface area (Å²) in [6.07, 6.45) is -0.0760. The number of nitrogens with one attached hydrogen (secondary N) is 1. The molecule has 13 nitrogen and oxygen atoms in total. The zero-order valence-electron chi connectivity index (χ0n) is 26.4. The highest BCUT2D eigenvalue weighted by Crippen LogP contribution is 2.40. The number of rotatable bonds is 6. The summed E-state index contributed by atoms with van der Waals surface area (Å²) in [7, 11) is -1.34. The van der Waals surface area contributed by atoms with Crippen molar-refractivity contribution in [1.82, 2.24) is 24.3 Å². The number of hydrogen-bond acceptors (Lipinski definition) is 8. The summed E-state index contributed by atoms with van der Waals surface area (Å²) >= 11 is 0. The van der Waals surface area contributed by atoms with E-state index in [1.807, 2.05) is 20.8 Å². The van der Waals surface area contributed by atoms with E-state index in [0.29, 0.717) is 61.6 Å². The lowest BCUT2D eigenvalue weighted by molar-refractivity contribution is -0.157. The fraction of sp³-hybridized carbons (Fsp3) is 0.633. The molecule has 4 aliphatic heterocycles. The van der Waals surface area contributed by atoms with E-state index in [9.17, 15) is 24.0 Å². The maximum absolute atomic E-state index is 13.9. The molecule has 1 unspecified atom stereocenters. The van der Waals surface area contributed by atoms with E-state index in [4.69, 9.17) is 9.47 Å². The van der Waals surface area contributed by atoms with Gasteiger partial charge >= 0.3 is 11.8 Å². The number of anilines is 1. The number of hydrogen-bond donors (Lipinski definition) is 1. The average molecular weight is 627 g/mol. The number of piperidine rings is 1. The Morgan fingerprint density at radius 2 is 1.80 bits per heavy atom. The molecule has 2 fully saturated rings. The van der Waals surface area contributed by atoms with Gasteiger partial charge in [0.25, 0.3) is 11.8 Å². The van der Waals surface area contributed by atoms with Gasteiger partial charge in [-0.25, -0.2) is 9.59 Å². The highest BCUT2D eigenvalue weighted by molar-refractivity contribution is 6.76. The van der Waals surface area contributed by atoms with E-state index in [1.165, 1.54) is 4.57 Å². The van der Waals surface area contributed by atoms with Crippen LogP contribution in [0.4, 0.5) is 10.5 Å². The van der Waals surface area contributed by atoms with Crippen molar-refractivity contribution in [2.24, 2.45) is 0 Å². The summed E-state index contributed by atoms with van der Waals surface area (Å²) in [4.78, 5) is 71.4. The number of carbonyl (C=O) groups is 4. The topological polar surface area (TPSA) is 135 Å². The Kier molecular flexibility index (Phi) is 7.23. The van der Waals surface area contributed by atoms with Crippen molar-refractivity contribution in [3.8, 4) is 0 Å². The van der Waals surface area contributed by atoms with E-state index in [0.717, 1.165) is 10.9 Å². The first-order valence-electron chi connectivity index (χ1n) is 15.3. The zero-order valence-corrected chi connectivity index (χ0v) is 27.4. The third-order valence-corrected chi connectivity index (χ3v) is 10.5. The second-order valence-electron chi connectivity index (χ2n) is 14.7. The first-order valence-corrected chi connectivity index (χ1v) is 19.0. The Morgan fingerprint density at radius 1 is 1.07 bits per heavy atom. The van der Waals surface area contributed by atoms with Gasteiger partial charge in [0.1, 0.15) is 18.4 Å². The molecule has 0 saturated carbocycles. The number of carbonyl (C=O) groups excluding carboxylic acids is 4. The van der Waals surface area contributed by atoms with Gasteiger partial charge in [-0.1, -0.05) is 19.6 Å². The van der Waals surface area contributed by atoms with E-state index in [-0.39, 0.29) is 37.1 Å². The van der Waals surface area contributed by atoms with Gasteiger partial charge in [-0.15, -0.1) is 0 Å². The predicted molar refractivity (Wildman–Crippen MR) is 166 cm³/mol. The van der Waals surface area contributed by atoms with Crippen LogP contribution in [0.3, 0.4) is 0 Å². The van der Waals surface area contributed by atoms with Crippen LogP contribution in [0.25, 0.3) is 11.0 Å². The minimum Gasteiger partial charge on any atom is -0.444 e. The van der Waals surface area contributed by atoms with Gasteiger partial charge in [0, 0.05) is 40.7 Å². The van der Waals surface area contributed by atoms with Crippen molar-refractivity contribution in [1.29, 1.82) is 0 Å². The summed E-state index contributed by atoms with van der Waals surface area (Å²) < 4.78 is 14.4. The van der Waals surface area contributed by atoms with Crippen LogP contribution in [0, 0.1) is 0 Å². The minimum atomic E-state index is -1.34. The maximum atomic E-state index is 13.9. The fourth-order valence-electron chi connectivity index (χ4n) is 6.62. The Hall–Kier alpha value is -3.65. The smallest absolute Gasteiger partial charge is 0.410 e. The quantitative estimate of drug-likeness (QED) is 0.293. The van der Waals surface area contributed by atoms with E-state index >= 15 is 0 Å². The largest absolute Gasteiger partial charge is 0.444 e. The van der Waals surface area contributed by atoms with Gasteiger partial charge in [-0.3, -0.25) is 28.4 Å². The minimum absolute atomic E-state index is 0.127. The van der Waals surface area contributed by atoms with Crippen LogP contribution in [0.2, 0.25) is 25.7 Å². The van der Waals surface area contributed by atoms with E-state index < -0.39 is 37.3 Å². The molecule has 1 N–H and O–H groups in total. The number of benzene rings is 1. The van der Waals surface area contributed by atoms with E-state index in [1.54, 1.807) is 21.6 Å². The average Bonchev–Trinajstić information content (AvgIpc) is 3.10. The summed E-state index contributed by atoms with van der Waals surface area (Å²) in [5.74, 6) is -1.03. The van der Waals surface area contributed by atoms with Crippen LogP contribution >= 0.6 is 0 Å². The molecule has 2 aromatic rings. The van der Waals surface area contributed by atoms with Crippen LogP contribution in [-0.2, 0) is 25.6 Å². The monoisotopic (exact) mass is 626 g/mol. The Bertz CT molecular complexity index is 1610. The number of ether oxygens (including phenoxy) is 2. The first-order chi connectivity index (χ1) is 20.6. The van der Waals surface area contributed by atoms with Crippen molar-refractivity contribution >= 4 is 48.6 Å². The van der Waals surface area contributed by atoms with Crippen LogP contribution in [0.15, 0.2) is 16.9 Å². The molecule has 238 valence electrons. The molecule has 5 heterocycles. The number of aromatic nitrogens is 2. The Labute approximate surface area is 257 Å². The summed E-state index contributed by atoms with van der Waals surface area (Å²) in [6, 6.07) is 3.48. The molecule has 1 atom stereocenters. The molecular formula is C30H42N6O7Si. The number of likely N-dealkylation sites (tertiary alicyclic amines) is 2. The lowest BCUT2D eigenvalue weighted by atomic mass is 9.89. The predicted octanol–water partition coefficient (Wildman–Crippen LogP) is 2.36. The molecule has 6 rings (SSSR count). The summed E-state index contributed by atoms with van der Waals surface area (Å²) in [5, 5.41) is 3.15.